The first kappa shape index (κ1) is 23.0. The Morgan fingerprint density at radius 3 is 2.53 bits per heavy atom. The van der Waals surface area contributed by atoms with E-state index in [1.54, 1.807) is 30.6 Å². The Bertz CT molecular complexity index is 1040. The Labute approximate surface area is 187 Å². The molecule has 2 heterocycles. The molecule has 0 aliphatic rings. The predicted molar refractivity (Wildman–Crippen MR) is 125 cm³/mol. The normalized spacial score (nSPS) is 10.7. The van der Waals surface area contributed by atoms with Gasteiger partial charge in [-0.1, -0.05) is 0 Å². The van der Waals surface area contributed by atoms with Crippen molar-refractivity contribution in [3.8, 4) is 17.0 Å². The van der Waals surface area contributed by atoms with Crippen LogP contribution in [-0.4, -0.2) is 67.2 Å². The minimum absolute atomic E-state index is 0.351. The minimum atomic E-state index is -0.459. The first-order valence-electron chi connectivity index (χ1n) is 10.2. The van der Waals surface area contributed by atoms with Crippen molar-refractivity contribution in [2.45, 2.75) is 6.42 Å². The van der Waals surface area contributed by atoms with E-state index in [1.807, 2.05) is 32.3 Å². The van der Waals surface area contributed by atoms with Crippen molar-refractivity contribution >= 4 is 23.4 Å². The van der Waals surface area contributed by atoms with E-state index >= 15 is 0 Å². The summed E-state index contributed by atoms with van der Waals surface area (Å²) >= 11 is 0. The number of nitrogens with zero attached hydrogens (tertiary/aromatic N) is 4. The van der Waals surface area contributed by atoms with Crippen LogP contribution in [0.25, 0.3) is 11.3 Å². The van der Waals surface area contributed by atoms with Crippen molar-refractivity contribution in [3.63, 3.8) is 0 Å². The summed E-state index contributed by atoms with van der Waals surface area (Å²) in [6, 6.07) is 10.8. The topological polar surface area (TPSA) is 102 Å². The third-order valence-electron chi connectivity index (χ3n) is 4.65. The van der Waals surface area contributed by atoms with Crippen molar-refractivity contribution < 1.29 is 14.3 Å². The summed E-state index contributed by atoms with van der Waals surface area (Å²) in [5, 5.41) is 6.58. The number of carbonyl (C=O) groups excluding carboxylic acids is 1. The zero-order valence-electron chi connectivity index (χ0n) is 18.8. The largest absolute Gasteiger partial charge is 0.496 e. The van der Waals surface area contributed by atoms with E-state index in [4.69, 9.17) is 9.47 Å². The number of carbonyl (C=O) groups is 1. The number of ether oxygens (including phenoxy) is 2. The third-order valence-corrected chi connectivity index (χ3v) is 4.65. The van der Waals surface area contributed by atoms with E-state index in [2.05, 4.69) is 30.5 Å². The van der Waals surface area contributed by atoms with Crippen LogP contribution in [0, 0.1) is 0 Å². The summed E-state index contributed by atoms with van der Waals surface area (Å²) in [7, 11) is 6.93. The van der Waals surface area contributed by atoms with Gasteiger partial charge in [-0.3, -0.25) is 4.98 Å². The number of nitrogens with one attached hydrogen (secondary N) is 2. The van der Waals surface area contributed by atoms with Gasteiger partial charge in [0.25, 0.3) is 0 Å². The third kappa shape index (κ3) is 6.14. The van der Waals surface area contributed by atoms with Crippen LogP contribution >= 0.6 is 0 Å². The average molecular weight is 437 g/mol. The Balaban J connectivity index is 1.87. The van der Waals surface area contributed by atoms with Crippen LogP contribution in [-0.2, 0) is 4.74 Å². The van der Waals surface area contributed by atoms with E-state index in [9.17, 15) is 4.79 Å². The van der Waals surface area contributed by atoms with Gasteiger partial charge >= 0.3 is 5.97 Å². The van der Waals surface area contributed by atoms with Gasteiger partial charge in [0, 0.05) is 42.3 Å². The van der Waals surface area contributed by atoms with Crippen molar-refractivity contribution in [2.75, 3.05) is 52.0 Å². The fourth-order valence-electron chi connectivity index (χ4n) is 3.05. The molecule has 9 nitrogen and oxygen atoms in total. The number of hydrogen-bond acceptors (Lipinski definition) is 9. The molecule has 0 amide bonds. The summed E-state index contributed by atoms with van der Waals surface area (Å²) in [6.07, 6.45) is 4.42. The average Bonchev–Trinajstić information content (AvgIpc) is 2.81. The molecule has 0 fully saturated rings. The number of aromatic nitrogens is 3. The second kappa shape index (κ2) is 11.1. The van der Waals surface area contributed by atoms with Gasteiger partial charge in [0.15, 0.2) is 0 Å². The molecular formula is C23H28N6O3. The number of esters is 1. The van der Waals surface area contributed by atoms with Crippen LogP contribution in [0.3, 0.4) is 0 Å². The maximum absolute atomic E-state index is 11.9. The lowest BCUT2D eigenvalue weighted by Crippen LogP contribution is -2.17. The van der Waals surface area contributed by atoms with E-state index in [0.717, 1.165) is 30.8 Å². The number of rotatable bonds is 10. The molecule has 0 aliphatic heterocycles. The summed E-state index contributed by atoms with van der Waals surface area (Å²) in [4.78, 5) is 27.4. The second-order valence-corrected chi connectivity index (χ2v) is 7.31. The van der Waals surface area contributed by atoms with E-state index in [-0.39, 0.29) is 0 Å². The fraction of sp³-hybridized carbons (Fsp3) is 0.304. The van der Waals surface area contributed by atoms with Crippen LogP contribution in [0.2, 0.25) is 0 Å². The van der Waals surface area contributed by atoms with Crippen molar-refractivity contribution in [2.24, 2.45) is 0 Å². The van der Waals surface area contributed by atoms with Gasteiger partial charge in [-0.2, -0.15) is 4.98 Å². The number of hydrogen-bond donors (Lipinski definition) is 2. The molecule has 0 saturated heterocycles. The molecule has 0 radical (unpaired) electrons. The number of anilines is 3. The molecule has 3 rings (SSSR count). The summed E-state index contributed by atoms with van der Waals surface area (Å²) in [6.45, 7) is 1.72. The molecule has 0 saturated carbocycles. The lowest BCUT2D eigenvalue weighted by Gasteiger charge is -2.14. The summed E-state index contributed by atoms with van der Waals surface area (Å²) in [5.41, 5.74) is 2.76. The standard InChI is InChI=1S/C23H28N6O3/c1-29(2)13-5-10-25-23-27-19(16-8-11-24-12-9-16)15-21(28-23)26-17-6-7-18(22(30)32-4)20(14-17)31-3/h6-9,11-12,14-15H,5,10,13H2,1-4H3,(H2,25,26,27,28). The predicted octanol–water partition coefficient (Wildman–Crippen LogP) is 3.44. The lowest BCUT2D eigenvalue weighted by molar-refractivity contribution is 0.0597. The molecule has 0 unspecified atom stereocenters. The van der Waals surface area contributed by atoms with E-state index < -0.39 is 5.97 Å². The maximum Gasteiger partial charge on any atom is 0.341 e. The molecule has 3 aromatic rings. The zero-order chi connectivity index (χ0) is 22.9. The zero-order valence-corrected chi connectivity index (χ0v) is 18.8. The van der Waals surface area contributed by atoms with Crippen LogP contribution < -0.4 is 15.4 Å². The molecule has 0 aliphatic carbocycles. The SMILES string of the molecule is COC(=O)c1ccc(Nc2cc(-c3ccncc3)nc(NCCCN(C)C)n2)cc1OC. The summed E-state index contributed by atoms with van der Waals surface area (Å²) in [5.74, 6) is 1.08. The fourth-order valence-corrected chi connectivity index (χ4v) is 3.05. The lowest BCUT2D eigenvalue weighted by atomic mass is 10.1. The van der Waals surface area contributed by atoms with Gasteiger partial charge in [-0.05, 0) is 51.3 Å². The molecule has 2 aromatic heterocycles. The smallest absolute Gasteiger partial charge is 0.341 e. The van der Waals surface area contributed by atoms with E-state index in [1.165, 1.54) is 14.2 Å². The van der Waals surface area contributed by atoms with Crippen LogP contribution in [0.15, 0.2) is 48.8 Å². The monoisotopic (exact) mass is 436 g/mol. The van der Waals surface area contributed by atoms with Gasteiger partial charge < -0.3 is 25.0 Å². The van der Waals surface area contributed by atoms with Gasteiger partial charge in [0.2, 0.25) is 5.95 Å². The quantitative estimate of drug-likeness (QED) is 0.365. The molecule has 0 atom stereocenters. The first-order chi connectivity index (χ1) is 15.5. The van der Waals surface area contributed by atoms with Crippen LogP contribution in [0.1, 0.15) is 16.8 Å². The van der Waals surface area contributed by atoms with Crippen LogP contribution in [0.5, 0.6) is 5.75 Å². The molecule has 0 spiro atoms. The van der Waals surface area contributed by atoms with Crippen molar-refractivity contribution in [1.82, 2.24) is 19.9 Å². The van der Waals surface area contributed by atoms with Crippen molar-refractivity contribution in [1.29, 1.82) is 0 Å². The maximum atomic E-state index is 11.9. The molecule has 1 aromatic carbocycles. The Hall–Kier alpha value is -3.72. The Morgan fingerprint density at radius 2 is 1.84 bits per heavy atom. The van der Waals surface area contributed by atoms with Crippen molar-refractivity contribution in [3.05, 3.63) is 54.4 Å². The number of benzene rings is 1. The highest BCUT2D eigenvalue weighted by molar-refractivity contribution is 5.93. The molecule has 168 valence electrons. The highest BCUT2D eigenvalue weighted by Crippen LogP contribution is 2.27. The van der Waals surface area contributed by atoms with Gasteiger partial charge in [-0.15, -0.1) is 0 Å². The minimum Gasteiger partial charge on any atom is -0.496 e. The Kier molecular flexibility index (Phi) is 7.93. The molecular weight excluding hydrogens is 408 g/mol. The highest BCUT2D eigenvalue weighted by atomic mass is 16.5. The highest BCUT2D eigenvalue weighted by Gasteiger charge is 2.14. The number of methoxy groups -OCH3 is 2. The van der Waals surface area contributed by atoms with Gasteiger partial charge in [-0.25, -0.2) is 9.78 Å². The van der Waals surface area contributed by atoms with Crippen LogP contribution in [0.4, 0.5) is 17.5 Å². The second-order valence-electron chi connectivity index (χ2n) is 7.31. The van der Waals surface area contributed by atoms with Gasteiger partial charge in [0.1, 0.15) is 17.1 Å². The molecule has 2 N–H and O–H groups in total. The molecule has 32 heavy (non-hydrogen) atoms. The Morgan fingerprint density at radius 1 is 1.06 bits per heavy atom. The summed E-state index contributed by atoms with van der Waals surface area (Å²) < 4.78 is 10.2. The van der Waals surface area contributed by atoms with Gasteiger partial charge in [0.05, 0.1) is 19.9 Å². The molecule has 9 heteroatoms. The molecule has 0 bridgehead atoms. The van der Waals surface area contributed by atoms with E-state index in [0.29, 0.717) is 28.8 Å². The first-order valence-corrected chi connectivity index (χ1v) is 10.2. The number of pyridine rings is 1.